The highest BCUT2D eigenvalue weighted by Crippen LogP contribution is 2.21. The van der Waals surface area contributed by atoms with Crippen LogP contribution >= 0.6 is 0 Å². The van der Waals surface area contributed by atoms with E-state index in [0.717, 1.165) is 30.1 Å². The van der Waals surface area contributed by atoms with Crippen molar-refractivity contribution in [3.8, 4) is 11.6 Å². The van der Waals surface area contributed by atoms with E-state index >= 15 is 0 Å². The second-order valence-corrected chi connectivity index (χ2v) is 6.99. The number of carbonyl (C=O) groups excluding carboxylic acids is 1. The van der Waals surface area contributed by atoms with Gasteiger partial charge in [-0.2, -0.15) is 0 Å². The third-order valence-corrected chi connectivity index (χ3v) is 5.10. The lowest BCUT2D eigenvalue weighted by Crippen LogP contribution is -2.49. The lowest BCUT2D eigenvalue weighted by molar-refractivity contribution is 0.0740. The summed E-state index contributed by atoms with van der Waals surface area (Å²) < 4.78 is 10.9. The van der Waals surface area contributed by atoms with Crippen LogP contribution in [0.4, 0.5) is 5.69 Å². The monoisotopic (exact) mass is 404 g/mol. The third-order valence-electron chi connectivity index (χ3n) is 5.10. The van der Waals surface area contributed by atoms with Crippen LogP contribution < -0.4 is 14.4 Å². The largest absolute Gasteiger partial charge is 0.497 e. The molecule has 4 rings (SSSR count). The van der Waals surface area contributed by atoms with Crippen molar-refractivity contribution in [1.82, 2.24) is 14.9 Å². The minimum absolute atomic E-state index is 0.101. The van der Waals surface area contributed by atoms with Gasteiger partial charge in [-0.05, 0) is 29.8 Å². The molecule has 30 heavy (non-hydrogen) atoms. The van der Waals surface area contributed by atoms with E-state index in [0.29, 0.717) is 31.3 Å². The Morgan fingerprint density at radius 2 is 1.70 bits per heavy atom. The first-order chi connectivity index (χ1) is 14.7. The number of anilines is 1. The van der Waals surface area contributed by atoms with Crippen molar-refractivity contribution in [2.24, 2.45) is 0 Å². The Balaban J connectivity index is 1.34. The maximum atomic E-state index is 12.9. The van der Waals surface area contributed by atoms with Crippen molar-refractivity contribution < 1.29 is 14.3 Å². The van der Waals surface area contributed by atoms with Crippen molar-refractivity contribution in [2.45, 2.75) is 6.61 Å². The summed E-state index contributed by atoms with van der Waals surface area (Å²) >= 11 is 0. The summed E-state index contributed by atoms with van der Waals surface area (Å²) in [6.07, 6.45) is 1.38. The van der Waals surface area contributed by atoms with E-state index in [-0.39, 0.29) is 5.91 Å². The number of ether oxygens (including phenoxy) is 2. The molecule has 1 fully saturated rings. The summed E-state index contributed by atoms with van der Waals surface area (Å²) in [5.41, 5.74) is 2.52. The third kappa shape index (κ3) is 4.68. The Morgan fingerprint density at radius 3 is 2.40 bits per heavy atom. The molecule has 0 bridgehead atoms. The van der Waals surface area contributed by atoms with Crippen LogP contribution in [0.2, 0.25) is 0 Å². The van der Waals surface area contributed by atoms with Crippen LogP contribution in [0.3, 0.4) is 0 Å². The van der Waals surface area contributed by atoms with Crippen LogP contribution in [0.25, 0.3) is 0 Å². The molecule has 1 aromatic heterocycles. The van der Waals surface area contributed by atoms with Gasteiger partial charge < -0.3 is 19.3 Å². The molecule has 1 amide bonds. The highest BCUT2D eigenvalue weighted by molar-refractivity contribution is 5.92. The molecule has 154 valence electrons. The average molecular weight is 404 g/mol. The number of aromatic nitrogens is 2. The molecule has 0 radical (unpaired) electrons. The molecule has 0 unspecified atom stereocenters. The van der Waals surface area contributed by atoms with E-state index in [4.69, 9.17) is 9.47 Å². The van der Waals surface area contributed by atoms with Gasteiger partial charge in [-0.3, -0.25) is 4.79 Å². The number of hydrogen-bond acceptors (Lipinski definition) is 6. The van der Waals surface area contributed by atoms with E-state index in [2.05, 4.69) is 14.9 Å². The minimum atomic E-state index is -0.101. The zero-order valence-corrected chi connectivity index (χ0v) is 16.9. The lowest BCUT2D eigenvalue weighted by Gasteiger charge is -2.36. The smallest absolute Gasteiger partial charge is 0.272 e. The van der Waals surface area contributed by atoms with Gasteiger partial charge in [-0.15, -0.1) is 0 Å². The second-order valence-electron chi connectivity index (χ2n) is 6.99. The number of nitrogens with zero attached hydrogens (tertiary/aromatic N) is 4. The number of hydrogen-bond donors (Lipinski definition) is 0. The highest BCUT2D eigenvalue weighted by atomic mass is 16.5. The summed E-state index contributed by atoms with van der Waals surface area (Å²) in [6, 6.07) is 19.4. The summed E-state index contributed by atoms with van der Waals surface area (Å²) in [5, 5.41) is 0. The van der Waals surface area contributed by atoms with Crippen molar-refractivity contribution in [3.63, 3.8) is 0 Å². The first kappa shape index (κ1) is 19.7. The molecular formula is C23H24N4O3. The Hall–Kier alpha value is -3.61. The Kier molecular flexibility index (Phi) is 6.08. The average Bonchev–Trinajstić information content (AvgIpc) is 2.83. The maximum Gasteiger partial charge on any atom is 0.272 e. The molecule has 2 heterocycles. The lowest BCUT2D eigenvalue weighted by atomic mass is 10.2. The van der Waals surface area contributed by atoms with E-state index in [1.165, 1.54) is 6.33 Å². The molecule has 0 saturated carbocycles. The molecule has 1 aliphatic heterocycles. The van der Waals surface area contributed by atoms with Gasteiger partial charge in [0, 0.05) is 37.9 Å². The fraction of sp³-hybridized carbons (Fsp3) is 0.261. The fourth-order valence-corrected chi connectivity index (χ4v) is 3.39. The van der Waals surface area contributed by atoms with E-state index in [1.54, 1.807) is 13.2 Å². The van der Waals surface area contributed by atoms with Crippen LogP contribution in [0, 0.1) is 0 Å². The molecular weight excluding hydrogens is 380 g/mol. The van der Waals surface area contributed by atoms with Crippen molar-refractivity contribution >= 4 is 11.6 Å². The zero-order valence-electron chi connectivity index (χ0n) is 16.9. The predicted octanol–water partition coefficient (Wildman–Crippen LogP) is 3.03. The van der Waals surface area contributed by atoms with Crippen LogP contribution in [0.15, 0.2) is 67.0 Å². The van der Waals surface area contributed by atoms with Gasteiger partial charge in [0.05, 0.1) is 7.11 Å². The summed E-state index contributed by atoms with van der Waals surface area (Å²) in [5.74, 6) is 1.13. The van der Waals surface area contributed by atoms with Gasteiger partial charge in [0.1, 0.15) is 24.4 Å². The summed E-state index contributed by atoms with van der Waals surface area (Å²) in [6.45, 7) is 3.19. The predicted molar refractivity (Wildman–Crippen MR) is 114 cm³/mol. The Bertz CT molecular complexity index is 971. The molecule has 0 spiro atoms. The van der Waals surface area contributed by atoms with Crippen LogP contribution in [0.1, 0.15) is 16.1 Å². The van der Waals surface area contributed by atoms with E-state index in [1.807, 2.05) is 59.5 Å². The number of carbonyl (C=O) groups is 1. The van der Waals surface area contributed by atoms with Gasteiger partial charge in [-0.1, -0.05) is 30.3 Å². The minimum Gasteiger partial charge on any atom is -0.497 e. The van der Waals surface area contributed by atoms with E-state index in [9.17, 15) is 4.79 Å². The fourth-order valence-electron chi connectivity index (χ4n) is 3.39. The Labute approximate surface area is 175 Å². The van der Waals surface area contributed by atoms with Crippen molar-refractivity contribution in [1.29, 1.82) is 0 Å². The summed E-state index contributed by atoms with van der Waals surface area (Å²) in [7, 11) is 1.66. The number of methoxy groups -OCH3 is 1. The second kappa shape index (κ2) is 9.26. The van der Waals surface area contributed by atoms with Crippen molar-refractivity contribution in [2.75, 3.05) is 38.2 Å². The molecule has 1 aliphatic rings. The number of rotatable bonds is 6. The molecule has 3 aromatic rings. The molecule has 7 heteroatoms. The molecule has 2 aromatic carbocycles. The molecule has 0 aliphatic carbocycles. The first-order valence-electron chi connectivity index (χ1n) is 9.90. The normalized spacial score (nSPS) is 13.8. The van der Waals surface area contributed by atoms with Crippen LogP contribution in [-0.2, 0) is 6.61 Å². The topological polar surface area (TPSA) is 67.8 Å². The molecule has 1 saturated heterocycles. The number of piperazine rings is 1. The van der Waals surface area contributed by atoms with Gasteiger partial charge in [-0.25, -0.2) is 9.97 Å². The van der Waals surface area contributed by atoms with Gasteiger partial charge in [0.15, 0.2) is 0 Å². The van der Waals surface area contributed by atoms with Crippen molar-refractivity contribution in [3.05, 3.63) is 78.2 Å². The highest BCUT2D eigenvalue weighted by Gasteiger charge is 2.23. The molecule has 0 atom stereocenters. The van der Waals surface area contributed by atoms with Crippen LogP contribution in [0.5, 0.6) is 11.6 Å². The quantitative estimate of drug-likeness (QED) is 0.629. The van der Waals surface area contributed by atoms with Gasteiger partial charge in [0.25, 0.3) is 5.91 Å². The molecule has 7 nitrogen and oxygen atoms in total. The van der Waals surface area contributed by atoms with Gasteiger partial charge in [0.2, 0.25) is 5.88 Å². The number of benzene rings is 2. The SMILES string of the molecule is COc1ccc(N2CCN(C(=O)c3cc(OCc4ccccc4)ncn3)CC2)cc1. The Morgan fingerprint density at radius 1 is 0.967 bits per heavy atom. The van der Waals surface area contributed by atoms with Crippen LogP contribution in [-0.4, -0.2) is 54.1 Å². The zero-order chi connectivity index (χ0) is 20.8. The number of amides is 1. The molecule has 0 N–H and O–H groups in total. The first-order valence-corrected chi connectivity index (χ1v) is 9.90. The summed E-state index contributed by atoms with van der Waals surface area (Å²) in [4.78, 5) is 25.3. The van der Waals surface area contributed by atoms with Gasteiger partial charge >= 0.3 is 0 Å². The standard InChI is InChI=1S/C23H24N4O3/c1-29-20-9-7-19(8-10-20)26-11-13-27(14-12-26)23(28)21-15-22(25-17-24-21)30-16-18-5-3-2-4-6-18/h2-10,15,17H,11-14,16H2,1H3. The van der Waals surface area contributed by atoms with E-state index < -0.39 is 0 Å². The maximum absolute atomic E-state index is 12.9.